The molecule has 3 rings (SSSR count). The Morgan fingerprint density at radius 3 is 2.72 bits per heavy atom. The number of anilines is 1. The van der Waals surface area contributed by atoms with Crippen molar-refractivity contribution >= 4 is 17.9 Å². The molecule has 0 saturated carbocycles. The lowest BCUT2D eigenvalue weighted by atomic mass is 10.1. The van der Waals surface area contributed by atoms with Gasteiger partial charge in [0.05, 0.1) is 26.1 Å². The quantitative estimate of drug-likeness (QED) is 0.438. The largest absolute Gasteiger partial charge is 0.497 e. The Labute approximate surface area is 165 Å². The van der Waals surface area contributed by atoms with Crippen molar-refractivity contribution in [3.8, 4) is 17.3 Å². The molecular weight excluding hydrogens is 380 g/mol. The molecule has 12 nitrogen and oxygen atoms in total. The lowest BCUT2D eigenvalue weighted by Gasteiger charge is -2.08. The monoisotopic (exact) mass is 400 g/mol. The highest BCUT2D eigenvalue weighted by Gasteiger charge is 2.25. The number of nitrogens with one attached hydrogen (secondary N) is 1. The molecule has 152 valence electrons. The van der Waals surface area contributed by atoms with Crippen LogP contribution in [0.2, 0.25) is 0 Å². The van der Waals surface area contributed by atoms with Crippen LogP contribution in [0.15, 0.2) is 27.9 Å². The number of rotatable bonds is 7. The molecule has 29 heavy (non-hydrogen) atoms. The van der Waals surface area contributed by atoms with Gasteiger partial charge in [0.2, 0.25) is 11.6 Å². The van der Waals surface area contributed by atoms with Crippen molar-refractivity contribution in [1.82, 2.24) is 30.7 Å². The summed E-state index contributed by atoms with van der Waals surface area (Å²) in [5.74, 6) is 0.722. The van der Waals surface area contributed by atoms with Crippen LogP contribution in [0, 0.1) is 0 Å². The van der Waals surface area contributed by atoms with Crippen molar-refractivity contribution < 1.29 is 18.9 Å². The van der Waals surface area contributed by atoms with E-state index in [1.165, 1.54) is 18.0 Å². The maximum atomic E-state index is 12.6. The average molecular weight is 400 g/mol. The molecule has 0 aliphatic carbocycles. The fourth-order valence-electron chi connectivity index (χ4n) is 2.60. The number of carbonyl (C=O) groups excluding carboxylic acids is 1. The van der Waals surface area contributed by atoms with Gasteiger partial charge in [-0.25, -0.2) is 10.1 Å². The van der Waals surface area contributed by atoms with Crippen LogP contribution in [0.3, 0.4) is 0 Å². The van der Waals surface area contributed by atoms with E-state index in [0.29, 0.717) is 22.8 Å². The summed E-state index contributed by atoms with van der Waals surface area (Å²) in [7, 11) is 3.09. The fraction of sp³-hybridized carbons (Fsp3) is 0.294. The number of methoxy groups -OCH3 is 2. The molecule has 3 aromatic rings. The molecule has 0 unspecified atom stereocenters. The number of hydrogen-bond donors (Lipinski definition) is 2. The highest BCUT2D eigenvalue weighted by atomic mass is 16.6. The molecule has 2 heterocycles. The van der Waals surface area contributed by atoms with Gasteiger partial charge in [-0.1, -0.05) is 19.1 Å². The maximum Gasteiger partial charge on any atom is 0.293 e. The molecule has 1 aromatic carbocycles. The summed E-state index contributed by atoms with van der Waals surface area (Å²) in [6.45, 7) is 3.75. The molecule has 3 N–H and O–H groups in total. The lowest BCUT2D eigenvalue weighted by molar-refractivity contribution is 0.0948. The third kappa shape index (κ3) is 4.00. The first-order chi connectivity index (χ1) is 14.0. The van der Waals surface area contributed by atoms with E-state index in [9.17, 15) is 4.79 Å². The smallest absolute Gasteiger partial charge is 0.293 e. The van der Waals surface area contributed by atoms with E-state index in [4.69, 9.17) is 15.2 Å². The van der Waals surface area contributed by atoms with Crippen LogP contribution in [0.1, 0.15) is 41.5 Å². The number of nitrogen functional groups attached to an aromatic ring is 1. The van der Waals surface area contributed by atoms with Gasteiger partial charge < -0.3 is 15.2 Å². The highest BCUT2D eigenvalue weighted by Crippen LogP contribution is 2.24. The second kappa shape index (κ2) is 8.37. The fourth-order valence-corrected chi connectivity index (χ4v) is 2.60. The van der Waals surface area contributed by atoms with Crippen LogP contribution >= 0.6 is 0 Å². The van der Waals surface area contributed by atoms with E-state index in [1.54, 1.807) is 25.3 Å². The van der Waals surface area contributed by atoms with Crippen molar-refractivity contribution in [3.63, 3.8) is 0 Å². The van der Waals surface area contributed by atoms with E-state index in [0.717, 1.165) is 0 Å². The van der Waals surface area contributed by atoms with E-state index in [-0.39, 0.29) is 23.2 Å². The van der Waals surface area contributed by atoms with Crippen LogP contribution in [0.25, 0.3) is 5.82 Å². The summed E-state index contributed by atoms with van der Waals surface area (Å²) in [6.07, 6.45) is 1.45. The van der Waals surface area contributed by atoms with Gasteiger partial charge in [-0.15, -0.1) is 5.10 Å². The zero-order valence-electron chi connectivity index (χ0n) is 16.3. The zero-order valence-corrected chi connectivity index (χ0v) is 16.3. The topological polar surface area (TPSA) is 156 Å². The van der Waals surface area contributed by atoms with E-state index in [1.807, 2.05) is 13.8 Å². The number of amides is 1. The summed E-state index contributed by atoms with van der Waals surface area (Å²) in [4.78, 5) is 12.6. The van der Waals surface area contributed by atoms with Crippen LogP contribution in [0.5, 0.6) is 11.5 Å². The number of hydrogen-bond acceptors (Lipinski definition) is 10. The van der Waals surface area contributed by atoms with Gasteiger partial charge in [0.25, 0.3) is 5.91 Å². The molecule has 0 radical (unpaired) electrons. The lowest BCUT2D eigenvalue weighted by Crippen LogP contribution is -2.21. The van der Waals surface area contributed by atoms with Gasteiger partial charge in [-0.2, -0.15) is 9.78 Å². The summed E-state index contributed by atoms with van der Waals surface area (Å²) in [5, 5.41) is 19.1. The molecule has 0 bridgehead atoms. The molecular formula is C17H20N8O4. The molecule has 0 spiro atoms. The van der Waals surface area contributed by atoms with Gasteiger partial charge in [0.15, 0.2) is 5.69 Å². The molecule has 0 aliphatic rings. The standard InChI is InChI=1S/C17H20N8O4/c1-9(2)14-13(20-24-25(14)16-15(18)22-29-23-16)17(26)21-19-8-10-5-6-11(27-3)7-12(10)28-4/h5-9H,1-4H3,(H2,18,22)(H,21,26). The summed E-state index contributed by atoms with van der Waals surface area (Å²) >= 11 is 0. The van der Waals surface area contributed by atoms with E-state index >= 15 is 0 Å². The normalized spacial score (nSPS) is 11.2. The molecule has 0 saturated heterocycles. The van der Waals surface area contributed by atoms with Crippen LogP contribution in [-0.4, -0.2) is 51.6 Å². The number of carbonyl (C=O) groups is 1. The minimum atomic E-state index is -0.543. The maximum absolute atomic E-state index is 12.6. The van der Waals surface area contributed by atoms with Crippen molar-refractivity contribution in [1.29, 1.82) is 0 Å². The first-order valence-electron chi connectivity index (χ1n) is 8.55. The minimum Gasteiger partial charge on any atom is -0.497 e. The third-order valence-electron chi connectivity index (χ3n) is 3.97. The van der Waals surface area contributed by atoms with Gasteiger partial charge in [-0.05, 0) is 28.4 Å². The predicted octanol–water partition coefficient (Wildman–Crippen LogP) is 1.14. The van der Waals surface area contributed by atoms with Crippen molar-refractivity contribution in [2.45, 2.75) is 19.8 Å². The first kappa shape index (κ1) is 19.8. The minimum absolute atomic E-state index is 0.0355. The van der Waals surface area contributed by atoms with Crippen molar-refractivity contribution in [3.05, 3.63) is 35.2 Å². The first-order valence-corrected chi connectivity index (χ1v) is 8.55. The Kier molecular flexibility index (Phi) is 5.71. The number of benzene rings is 1. The Bertz CT molecular complexity index is 1040. The Balaban J connectivity index is 1.82. The number of nitrogens with zero attached hydrogens (tertiary/aromatic N) is 6. The second-order valence-electron chi connectivity index (χ2n) is 6.17. The van der Waals surface area contributed by atoms with E-state index in [2.05, 4.69) is 35.8 Å². The summed E-state index contributed by atoms with van der Waals surface area (Å²) in [6, 6.07) is 5.22. The van der Waals surface area contributed by atoms with Crippen LogP contribution in [0.4, 0.5) is 5.82 Å². The van der Waals surface area contributed by atoms with Crippen LogP contribution in [-0.2, 0) is 0 Å². The molecule has 1 amide bonds. The van der Waals surface area contributed by atoms with Gasteiger partial charge in [0.1, 0.15) is 11.5 Å². The Morgan fingerprint density at radius 2 is 2.10 bits per heavy atom. The number of ether oxygens (including phenoxy) is 2. The van der Waals surface area contributed by atoms with Gasteiger partial charge in [0, 0.05) is 11.6 Å². The zero-order chi connectivity index (χ0) is 21.0. The second-order valence-corrected chi connectivity index (χ2v) is 6.17. The number of hydrazone groups is 1. The molecule has 0 atom stereocenters. The third-order valence-corrected chi connectivity index (χ3v) is 3.97. The van der Waals surface area contributed by atoms with Gasteiger partial charge in [-0.3, -0.25) is 4.79 Å². The average Bonchev–Trinajstić information content (AvgIpc) is 3.33. The predicted molar refractivity (Wildman–Crippen MR) is 102 cm³/mol. The number of aromatic nitrogens is 5. The molecule has 2 aromatic heterocycles. The highest BCUT2D eigenvalue weighted by molar-refractivity contribution is 5.94. The molecule has 0 fully saturated rings. The molecule has 12 heteroatoms. The number of nitrogens with two attached hydrogens (primary N) is 1. The molecule has 0 aliphatic heterocycles. The van der Waals surface area contributed by atoms with Crippen molar-refractivity contribution in [2.75, 3.05) is 20.0 Å². The van der Waals surface area contributed by atoms with Crippen molar-refractivity contribution in [2.24, 2.45) is 5.10 Å². The Morgan fingerprint density at radius 1 is 1.31 bits per heavy atom. The summed E-state index contributed by atoms with van der Waals surface area (Å²) in [5.41, 5.74) is 9.38. The van der Waals surface area contributed by atoms with Crippen LogP contribution < -0.4 is 20.6 Å². The van der Waals surface area contributed by atoms with Gasteiger partial charge >= 0.3 is 0 Å². The Hall–Kier alpha value is -3.96. The van der Waals surface area contributed by atoms with E-state index < -0.39 is 5.91 Å². The SMILES string of the molecule is COc1ccc(C=NNC(=O)c2nnn(-c3nonc3N)c2C(C)C)c(OC)c1. The summed E-state index contributed by atoms with van der Waals surface area (Å²) < 4.78 is 16.4.